The molecule has 0 aromatic heterocycles. The van der Waals surface area contributed by atoms with E-state index in [1.165, 1.54) is 0 Å². The van der Waals surface area contributed by atoms with Gasteiger partial charge in [0.05, 0.1) is 6.07 Å². The van der Waals surface area contributed by atoms with E-state index in [-0.39, 0.29) is 18.0 Å². The van der Waals surface area contributed by atoms with Gasteiger partial charge in [0, 0.05) is 18.8 Å². The Morgan fingerprint density at radius 3 is 3.00 bits per heavy atom. The van der Waals surface area contributed by atoms with Crippen LogP contribution >= 0.6 is 11.8 Å². The molecule has 1 aromatic carbocycles. The molecule has 1 heterocycles. The van der Waals surface area contributed by atoms with Crippen molar-refractivity contribution in [3.63, 3.8) is 0 Å². The number of carbonyl (C=O) groups excluding carboxylic acids is 1. The zero-order valence-electron chi connectivity index (χ0n) is 9.91. The summed E-state index contributed by atoms with van der Waals surface area (Å²) in [6, 6.07) is 11.7. The molecule has 1 aliphatic rings. The van der Waals surface area contributed by atoms with Crippen molar-refractivity contribution in [3.05, 3.63) is 35.9 Å². The van der Waals surface area contributed by atoms with Gasteiger partial charge in [-0.25, -0.2) is 4.79 Å². The van der Waals surface area contributed by atoms with Crippen LogP contribution in [0.1, 0.15) is 5.56 Å². The van der Waals surface area contributed by atoms with E-state index in [2.05, 4.69) is 6.07 Å². The SMILES string of the molecule is N#C[C@@H]1CN(C(=O)OCc2ccccc2)CCS1. The van der Waals surface area contributed by atoms with Gasteiger partial charge in [-0.05, 0) is 5.56 Å². The number of benzene rings is 1. The fourth-order valence-electron chi connectivity index (χ4n) is 1.70. The summed E-state index contributed by atoms with van der Waals surface area (Å²) in [4.78, 5) is 13.4. The van der Waals surface area contributed by atoms with E-state index in [0.29, 0.717) is 13.1 Å². The number of amides is 1. The van der Waals surface area contributed by atoms with Crippen molar-refractivity contribution >= 4 is 17.9 Å². The van der Waals surface area contributed by atoms with Crippen LogP contribution in [-0.4, -0.2) is 35.1 Å². The maximum atomic E-state index is 11.8. The van der Waals surface area contributed by atoms with Gasteiger partial charge in [0.1, 0.15) is 11.9 Å². The number of rotatable bonds is 2. The lowest BCUT2D eigenvalue weighted by molar-refractivity contribution is 0.0985. The van der Waals surface area contributed by atoms with Crippen LogP contribution in [0, 0.1) is 11.3 Å². The van der Waals surface area contributed by atoms with Gasteiger partial charge in [-0.2, -0.15) is 5.26 Å². The minimum Gasteiger partial charge on any atom is -0.445 e. The topological polar surface area (TPSA) is 53.3 Å². The molecule has 1 aliphatic heterocycles. The van der Waals surface area contributed by atoms with Gasteiger partial charge in [0.25, 0.3) is 0 Å². The Morgan fingerprint density at radius 2 is 2.28 bits per heavy atom. The standard InChI is InChI=1S/C13H14N2O2S/c14-8-12-9-15(6-7-18-12)13(16)17-10-11-4-2-1-3-5-11/h1-5,12H,6-7,9-10H2/t12-/m1/s1. The minimum absolute atomic E-state index is 0.136. The van der Waals surface area contributed by atoms with Gasteiger partial charge in [0.15, 0.2) is 0 Å². The van der Waals surface area contributed by atoms with Crippen LogP contribution in [0.2, 0.25) is 0 Å². The van der Waals surface area contributed by atoms with E-state index in [1.54, 1.807) is 16.7 Å². The summed E-state index contributed by atoms with van der Waals surface area (Å²) in [6.45, 7) is 1.38. The van der Waals surface area contributed by atoms with Crippen LogP contribution in [0.25, 0.3) is 0 Å². The molecule has 1 atom stereocenters. The monoisotopic (exact) mass is 262 g/mol. The van der Waals surface area contributed by atoms with Crippen molar-refractivity contribution in [1.29, 1.82) is 5.26 Å². The molecule has 1 amide bonds. The maximum Gasteiger partial charge on any atom is 0.410 e. The van der Waals surface area contributed by atoms with Gasteiger partial charge < -0.3 is 9.64 Å². The number of nitriles is 1. The van der Waals surface area contributed by atoms with Gasteiger partial charge in [0.2, 0.25) is 0 Å². The molecule has 18 heavy (non-hydrogen) atoms. The van der Waals surface area contributed by atoms with Crippen molar-refractivity contribution in [3.8, 4) is 6.07 Å². The zero-order chi connectivity index (χ0) is 12.8. The summed E-state index contributed by atoms with van der Waals surface area (Å²) in [5.74, 6) is 0.790. The Balaban J connectivity index is 1.83. The van der Waals surface area contributed by atoms with Crippen molar-refractivity contribution < 1.29 is 9.53 Å². The first-order valence-corrected chi connectivity index (χ1v) is 6.81. The van der Waals surface area contributed by atoms with E-state index in [0.717, 1.165) is 11.3 Å². The lowest BCUT2D eigenvalue weighted by atomic mass is 10.2. The maximum absolute atomic E-state index is 11.8. The van der Waals surface area contributed by atoms with Gasteiger partial charge in [-0.1, -0.05) is 30.3 Å². The van der Waals surface area contributed by atoms with E-state index < -0.39 is 0 Å². The molecule has 0 aliphatic carbocycles. The fraction of sp³-hybridized carbons (Fsp3) is 0.385. The predicted octanol–water partition coefficient (Wildman–Crippen LogP) is 2.26. The molecule has 0 unspecified atom stereocenters. The number of hydrogen-bond acceptors (Lipinski definition) is 4. The lowest BCUT2D eigenvalue weighted by Crippen LogP contribution is -2.41. The second kappa shape index (κ2) is 6.31. The summed E-state index contributed by atoms with van der Waals surface area (Å²) in [5, 5.41) is 8.71. The quantitative estimate of drug-likeness (QED) is 0.820. The van der Waals surface area contributed by atoms with Crippen molar-refractivity contribution in [2.24, 2.45) is 0 Å². The molecule has 0 saturated carbocycles. The Labute approximate surface area is 111 Å². The first-order valence-electron chi connectivity index (χ1n) is 5.76. The summed E-state index contributed by atoms with van der Waals surface area (Å²) < 4.78 is 5.23. The molecule has 0 radical (unpaired) electrons. The normalized spacial score (nSPS) is 19.1. The van der Waals surface area contributed by atoms with Crippen LogP contribution < -0.4 is 0 Å². The Bertz CT molecular complexity index is 444. The molecule has 94 valence electrons. The highest BCUT2D eigenvalue weighted by Gasteiger charge is 2.24. The lowest BCUT2D eigenvalue weighted by Gasteiger charge is -2.28. The number of nitrogens with zero attached hydrogens (tertiary/aromatic N) is 2. The van der Waals surface area contributed by atoms with Crippen molar-refractivity contribution in [2.75, 3.05) is 18.8 Å². The first-order chi connectivity index (χ1) is 8.79. The molecular formula is C13H14N2O2S. The molecule has 0 spiro atoms. The molecule has 0 bridgehead atoms. The smallest absolute Gasteiger partial charge is 0.410 e. The van der Waals surface area contributed by atoms with Crippen LogP contribution in [0.4, 0.5) is 4.79 Å². The highest BCUT2D eigenvalue weighted by atomic mass is 32.2. The largest absolute Gasteiger partial charge is 0.445 e. The van der Waals surface area contributed by atoms with Crippen LogP contribution in [0.5, 0.6) is 0 Å². The summed E-state index contributed by atoms with van der Waals surface area (Å²) >= 11 is 1.59. The Hall–Kier alpha value is -1.67. The second-order valence-electron chi connectivity index (χ2n) is 3.97. The molecule has 1 aromatic rings. The van der Waals surface area contributed by atoms with Crippen LogP contribution in [-0.2, 0) is 11.3 Å². The average Bonchev–Trinajstić information content (AvgIpc) is 2.46. The van der Waals surface area contributed by atoms with Gasteiger partial charge in [-0.15, -0.1) is 11.8 Å². The summed E-state index contributed by atoms with van der Waals surface area (Å²) in [7, 11) is 0. The van der Waals surface area contributed by atoms with E-state index in [1.807, 2.05) is 30.3 Å². The van der Waals surface area contributed by atoms with Gasteiger partial charge >= 0.3 is 6.09 Å². The van der Waals surface area contributed by atoms with Crippen LogP contribution in [0.15, 0.2) is 30.3 Å². The molecule has 0 N–H and O–H groups in total. The molecule has 5 heteroatoms. The number of thioether (sulfide) groups is 1. The molecule has 4 nitrogen and oxygen atoms in total. The fourth-order valence-corrected chi connectivity index (χ4v) is 2.67. The highest BCUT2D eigenvalue weighted by Crippen LogP contribution is 2.18. The van der Waals surface area contributed by atoms with Crippen molar-refractivity contribution in [1.82, 2.24) is 4.90 Å². The first kappa shape index (κ1) is 12.8. The number of carbonyl (C=O) groups is 1. The Morgan fingerprint density at radius 1 is 1.50 bits per heavy atom. The van der Waals surface area contributed by atoms with Crippen LogP contribution in [0.3, 0.4) is 0 Å². The third kappa shape index (κ3) is 3.41. The molecular weight excluding hydrogens is 248 g/mol. The predicted molar refractivity (Wildman–Crippen MR) is 70.1 cm³/mol. The molecule has 1 saturated heterocycles. The average molecular weight is 262 g/mol. The third-order valence-electron chi connectivity index (χ3n) is 2.67. The zero-order valence-corrected chi connectivity index (χ0v) is 10.7. The summed E-state index contributed by atoms with van der Waals surface area (Å²) in [6.07, 6.45) is -0.334. The molecule has 2 rings (SSSR count). The van der Waals surface area contributed by atoms with E-state index >= 15 is 0 Å². The Kier molecular flexibility index (Phi) is 4.48. The highest BCUT2D eigenvalue weighted by molar-refractivity contribution is 8.00. The molecule has 1 fully saturated rings. The number of ether oxygens (including phenoxy) is 1. The number of hydrogen-bond donors (Lipinski definition) is 0. The van der Waals surface area contributed by atoms with E-state index in [9.17, 15) is 4.79 Å². The minimum atomic E-state index is -0.334. The van der Waals surface area contributed by atoms with Crippen molar-refractivity contribution in [2.45, 2.75) is 11.9 Å². The van der Waals surface area contributed by atoms with E-state index in [4.69, 9.17) is 10.00 Å². The van der Waals surface area contributed by atoms with Gasteiger partial charge in [-0.3, -0.25) is 0 Å². The summed E-state index contributed by atoms with van der Waals surface area (Å²) in [5.41, 5.74) is 0.967. The second-order valence-corrected chi connectivity index (χ2v) is 5.29. The third-order valence-corrected chi connectivity index (χ3v) is 3.75.